The minimum absolute atomic E-state index is 0.405. The molecule has 1 aliphatic rings. The predicted octanol–water partition coefficient (Wildman–Crippen LogP) is 1.04. The maximum atomic E-state index is 5.62. The summed E-state index contributed by atoms with van der Waals surface area (Å²) in [5, 5.41) is 7.63. The molecule has 1 aromatic rings. The molecule has 84 valence electrons. The van der Waals surface area contributed by atoms with Gasteiger partial charge in [0.1, 0.15) is 0 Å². The average Bonchev–Trinajstić information content (AvgIpc) is 2.90. The SMILES string of the molecule is CC(NCCn1cccn1)C1CCCO1. The molecule has 1 aliphatic heterocycles. The van der Waals surface area contributed by atoms with Gasteiger partial charge in [-0.3, -0.25) is 4.68 Å². The second kappa shape index (κ2) is 5.28. The van der Waals surface area contributed by atoms with Crippen molar-refractivity contribution in [2.75, 3.05) is 13.2 Å². The lowest BCUT2D eigenvalue weighted by atomic mass is 10.1. The lowest BCUT2D eigenvalue weighted by molar-refractivity contribution is 0.0834. The van der Waals surface area contributed by atoms with Crippen LogP contribution in [0, 0.1) is 0 Å². The number of nitrogens with one attached hydrogen (secondary N) is 1. The summed E-state index contributed by atoms with van der Waals surface area (Å²) in [7, 11) is 0. The topological polar surface area (TPSA) is 39.1 Å². The van der Waals surface area contributed by atoms with Gasteiger partial charge >= 0.3 is 0 Å². The van der Waals surface area contributed by atoms with E-state index in [1.807, 2.05) is 23.1 Å². The highest BCUT2D eigenvalue weighted by Gasteiger charge is 2.21. The molecule has 1 aromatic heterocycles. The molecule has 2 unspecified atom stereocenters. The highest BCUT2D eigenvalue weighted by atomic mass is 16.5. The molecule has 0 aliphatic carbocycles. The number of hydrogen-bond donors (Lipinski definition) is 1. The van der Waals surface area contributed by atoms with Crippen LogP contribution in [0.1, 0.15) is 19.8 Å². The van der Waals surface area contributed by atoms with Crippen molar-refractivity contribution in [1.29, 1.82) is 0 Å². The van der Waals surface area contributed by atoms with Crippen molar-refractivity contribution in [3.8, 4) is 0 Å². The minimum Gasteiger partial charge on any atom is -0.377 e. The van der Waals surface area contributed by atoms with Gasteiger partial charge in [0.05, 0.1) is 12.6 Å². The first kappa shape index (κ1) is 10.6. The molecule has 1 fully saturated rings. The van der Waals surface area contributed by atoms with Gasteiger partial charge in [0.15, 0.2) is 0 Å². The first-order valence-corrected chi connectivity index (χ1v) is 5.68. The van der Waals surface area contributed by atoms with E-state index in [9.17, 15) is 0 Å². The second-order valence-electron chi connectivity index (χ2n) is 4.06. The third kappa shape index (κ3) is 3.04. The van der Waals surface area contributed by atoms with E-state index in [1.165, 1.54) is 12.8 Å². The van der Waals surface area contributed by atoms with Crippen LogP contribution >= 0.6 is 0 Å². The van der Waals surface area contributed by atoms with Crippen LogP contribution in [0.3, 0.4) is 0 Å². The highest BCUT2D eigenvalue weighted by Crippen LogP contribution is 2.14. The zero-order valence-electron chi connectivity index (χ0n) is 9.22. The van der Waals surface area contributed by atoms with Gasteiger partial charge in [-0.15, -0.1) is 0 Å². The van der Waals surface area contributed by atoms with Gasteiger partial charge < -0.3 is 10.1 Å². The van der Waals surface area contributed by atoms with Crippen LogP contribution in [0.15, 0.2) is 18.5 Å². The lowest BCUT2D eigenvalue weighted by Crippen LogP contribution is -2.38. The summed E-state index contributed by atoms with van der Waals surface area (Å²) in [5.41, 5.74) is 0. The molecule has 0 bridgehead atoms. The van der Waals surface area contributed by atoms with Gasteiger partial charge in [-0.05, 0) is 25.8 Å². The van der Waals surface area contributed by atoms with E-state index in [-0.39, 0.29) is 0 Å². The smallest absolute Gasteiger partial charge is 0.0726 e. The fourth-order valence-corrected chi connectivity index (χ4v) is 1.97. The van der Waals surface area contributed by atoms with Crippen LogP contribution in [0.5, 0.6) is 0 Å². The van der Waals surface area contributed by atoms with Crippen LogP contribution in [-0.2, 0) is 11.3 Å². The first-order chi connectivity index (χ1) is 7.36. The number of rotatable bonds is 5. The third-order valence-corrected chi connectivity index (χ3v) is 2.89. The van der Waals surface area contributed by atoms with Crippen molar-refractivity contribution in [1.82, 2.24) is 15.1 Å². The number of nitrogens with zero attached hydrogens (tertiary/aromatic N) is 2. The Morgan fingerprint density at radius 2 is 2.60 bits per heavy atom. The summed E-state index contributed by atoms with van der Waals surface area (Å²) in [5.74, 6) is 0. The van der Waals surface area contributed by atoms with Gasteiger partial charge in [0.2, 0.25) is 0 Å². The molecule has 0 spiro atoms. The van der Waals surface area contributed by atoms with E-state index in [0.29, 0.717) is 12.1 Å². The molecule has 0 radical (unpaired) electrons. The van der Waals surface area contributed by atoms with Gasteiger partial charge in [0.25, 0.3) is 0 Å². The van der Waals surface area contributed by atoms with E-state index < -0.39 is 0 Å². The highest BCUT2D eigenvalue weighted by molar-refractivity contribution is 4.79. The van der Waals surface area contributed by atoms with E-state index in [1.54, 1.807) is 0 Å². The Labute approximate surface area is 90.6 Å². The summed E-state index contributed by atoms with van der Waals surface area (Å²) < 4.78 is 7.56. The maximum absolute atomic E-state index is 5.62. The first-order valence-electron chi connectivity index (χ1n) is 5.68. The molecule has 2 atom stereocenters. The van der Waals surface area contributed by atoms with Gasteiger partial charge in [-0.2, -0.15) is 5.10 Å². The Morgan fingerprint density at radius 1 is 1.67 bits per heavy atom. The maximum Gasteiger partial charge on any atom is 0.0726 e. The molecule has 1 N–H and O–H groups in total. The van der Waals surface area contributed by atoms with E-state index in [2.05, 4.69) is 17.3 Å². The Balaban J connectivity index is 1.64. The molecule has 15 heavy (non-hydrogen) atoms. The number of aromatic nitrogens is 2. The standard InChI is InChI=1S/C11H19N3O/c1-10(11-4-2-9-15-11)12-6-8-14-7-3-5-13-14/h3,5,7,10-12H,2,4,6,8-9H2,1H3. The molecule has 1 saturated heterocycles. The molecular formula is C11H19N3O. The molecular weight excluding hydrogens is 190 g/mol. The van der Waals surface area contributed by atoms with E-state index >= 15 is 0 Å². The summed E-state index contributed by atoms with van der Waals surface area (Å²) in [6, 6.07) is 2.40. The Morgan fingerprint density at radius 3 is 3.27 bits per heavy atom. The monoisotopic (exact) mass is 209 g/mol. The van der Waals surface area contributed by atoms with Crippen molar-refractivity contribution < 1.29 is 4.74 Å². The quantitative estimate of drug-likeness (QED) is 0.787. The molecule has 0 aromatic carbocycles. The zero-order chi connectivity index (χ0) is 10.5. The third-order valence-electron chi connectivity index (χ3n) is 2.89. The molecule has 4 nitrogen and oxygen atoms in total. The molecule has 0 amide bonds. The van der Waals surface area contributed by atoms with E-state index in [0.717, 1.165) is 19.7 Å². The van der Waals surface area contributed by atoms with Gasteiger partial charge in [0, 0.05) is 31.6 Å². The lowest BCUT2D eigenvalue weighted by Gasteiger charge is -2.19. The van der Waals surface area contributed by atoms with Crippen molar-refractivity contribution in [3.05, 3.63) is 18.5 Å². The normalized spacial score (nSPS) is 23.1. The fourth-order valence-electron chi connectivity index (χ4n) is 1.97. The number of hydrogen-bond acceptors (Lipinski definition) is 3. The molecule has 0 saturated carbocycles. The van der Waals surface area contributed by atoms with E-state index in [4.69, 9.17) is 4.74 Å². The summed E-state index contributed by atoms with van der Waals surface area (Å²) >= 11 is 0. The predicted molar refractivity (Wildman–Crippen MR) is 58.7 cm³/mol. The van der Waals surface area contributed by atoms with Crippen LogP contribution in [0.4, 0.5) is 0 Å². The minimum atomic E-state index is 0.405. The van der Waals surface area contributed by atoms with Crippen LogP contribution in [0.2, 0.25) is 0 Å². The Hall–Kier alpha value is -0.870. The van der Waals surface area contributed by atoms with Crippen molar-refractivity contribution in [2.45, 2.75) is 38.5 Å². The summed E-state index contributed by atoms with van der Waals surface area (Å²) in [6.45, 7) is 4.99. The van der Waals surface area contributed by atoms with Crippen molar-refractivity contribution in [3.63, 3.8) is 0 Å². The van der Waals surface area contributed by atoms with Crippen molar-refractivity contribution >= 4 is 0 Å². The van der Waals surface area contributed by atoms with Crippen molar-refractivity contribution in [2.24, 2.45) is 0 Å². The largest absolute Gasteiger partial charge is 0.377 e. The Bertz CT molecular complexity index is 267. The number of ether oxygens (including phenoxy) is 1. The second-order valence-corrected chi connectivity index (χ2v) is 4.06. The van der Waals surface area contributed by atoms with Gasteiger partial charge in [-0.1, -0.05) is 0 Å². The van der Waals surface area contributed by atoms with Crippen LogP contribution in [0.25, 0.3) is 0 Å². The summed E-state index contributed by atoms with van der Waals surface area (Å²) in [4.78, 5) is 0. The average molecular weight is 209 g/mol. The molecule has 2 heterocycles. The van der Waals surface area contributed by atoms with Crippen LogP contribution in [-0.4, -0.2) is 35.1 Å². The molecule has 4 heteroatoms. The summed E-state index contributed by atoms with van der Waals surface area (Å²) in [6.07, 6.45) is 6.59. The Kier molecular flexibility index (Phi) is 3.75. The molecule has 2 rings (SSSR count). The van der Waals surface area contributed by atoms with Gasteiger partial charge in [-0.25, -0.2) is 0 Å². The zero-order valence-corrected chi connectivity index (χ0v) is 9.22. The van der Waals surface area contributed by atoms with Crippen LogP contribution < -0.4 is 5.32 Å². The fraction of sp³-hybridized carbons (Fsp3) is 0.727.